The van der Waals surface area contributed by atoms with Crippen LogP contribution in [0.4, 0.5) is 29.3 Å². The Labute approximate surface area is 252 Å². The molecular formula is C26H27ClF3N5O6S2. The van der Waals surface area contributed by atoms with Gasteiger partial charge in [-0.15, -0.1) is 0 Å². The zero-order chi connectivity index (χ0) is 32.1. The van der Waals surface area contributed by atoms with E-state index in [1.165, 1.54) is 52.8 Å². The lowest BCUT2D eigenvalue weighted by Crippen LogP contribution is -2.44. The van der Waals surface area contributed by atoms with E-state index in [2.05, 4.69) is 0 Å². The van der Waals surface area contributed by atoms with Crippen molar-refractivity contribution in [2.24, 2.45) is 0 Å². The number of halogens is 4. The first-order valence-electron chi connectivity index (χ1n) is 12.5. The summed E-state index contributed by atoms with van der Waals surface area (Å²) in [5.74, 6) is -0.756. The molecule has 2 aromatic carbocycles. The monoisotopic (exact) mass is 661 g/mol. The number of sulfone groups is 1. The van der Waals surface area contributed by atoms with Gasteiger partial charge in [-0.3, -0.25) is 18.2 Å². The SMILES string of the molecule is CC1(C)C(=O)N(c2ccc(C#N)c(C(F)(F)F)c2)C(=O)N1CC=CCN1CCN(c2ccc(S(C)(=O)=O)c(Cl)c2)S1(O)O. The maximum Gasteiger partial charge on any atom is 0.417 e. The number of hydrogen-bond acceptors (Lipinski definition) is 9. The minimum Gasteiger partial charge on any atom is -0.306 e. The molecule has 2 aliphatic rings. The molecule has 11 nitrogen and oxygen atoms in total. The van der Waals surface area contributed by atoms with Crippen molar-refractivity contribution in [1.82, 2.24) is 9.21 Å². The summed E-state index contributed by atoms with van der Waals surface area (Å²) in [6, 6.07) is 7.24. The largest absolute Gasteiger partial charge is 0.417 e. The summed E-state index contributed by atoms with van der Waals surface area (Å²) in [7, 11) is -7.08. The lowest BCUT2D eigenvalue weighted by atomic mass is 10.0. The van der Waals surface area contributed by atoms with Gasteiger partial charge in [0.25, 0.3) is 5.91 Å². The smallest absolute Gasteiger partial charge is 0.306 e. The van der Waals surface area contributed by atoms with Gasteiger partial charge in [0.15, 0.2) is 9.84 Å². The van der Waals surface area contributed by atoms with Gasteiger partial charge in [0.1, 0.15) is 5.54 Å². The number of alkyl halides is 3. The number of nitriles is 1. The van der Waals surface area contributed by atoms with Gasteiger partial charge in [-0.2, -0.15) is 22.7 Å². The third-order valence-corrected chi connectivity index (χ3v) is 10.7. The molecule has 2 saturated heterocycles. The Hall–Kier alpha value is -3.33. The first-order chi connectivity index (χ1) is 19.8. The van der Waals surface area contributed by atoms with Crippen molar-refractivity contribution in [2.45, 2.75) is 30.5 Å². The Kier molecular flexibility index (Phi) is 8.57. The van der Waals surface area contributed by atoms with E-state index >= 15 is 0 Å². The molecule has 0 radical (unpaired) electrons. The first kappa shape index (κ1) is 32.6. The third-order valence-electron chi connectivity index (χ3n) is 7.07. The second kappa shape index (κ2) is 11.3. The van der Waals surface area contributed by atoms with E-state index in [9.17, 15) is 40.3 Å². The zero-order valence-corrected chi connectivity index (χ0v) is 25.4. The van der Waals surface area contributed by atoms with Crippen LogP contribution in [0.1, 0.15) is 25.0 Å². The summed E-state index contributed by atoms with van der Waals surface area (Å²) in [5.41, 5.74) is -3.34. The summed E-state index contributed by atoms with van der Waals surface area (Å²) in [4.78, 5) is 28.1. The molecule has 0 saturated carbocycles. The van der Waals surface area contributed by atoms with Crippen LogP contribution in [0.2, 0.25) is 5.02 Å². The molecule has 2 heterocycles. The summed E-state index contributed by atoms with van der Waals surface area (Å²) in [6.45, 7) is 3.22. The van der Waals surface area contributed by atoms with Gasteiger partial charge >= 0.3 is 12.2 Å². The van der Waals surface area contributed by atoms with E-state index in [0.29, 0.717) is 16.7 Å². The molecule has 232 valence electrons. The molecule has 0 unspecified atom stereocenters. The Bertz CT molecular complexity index is 1660. The Morgan fingerprint density at radius 2 is 1.70 bits per heavy atom. The number of carbonyl (C=O) groups excluding carboxylic acids is 2. The van der Waals surface area contributed by atoms with Crippen LogP contribution in [0.5, 0.6) is 0 Å². The van der Waals surface area contributed by atoms with E-state index in [4.69, 9.17) is 16.9 Å². The maximum atomic E-state index is 13.5. The fourth-order valence-corrected chi connectivity index (χ4v) is 7.68. The molecule has 0 bridgehead atoms. The minimum atomic E-state index is -4.88. The van der Waals surface area contributed by atoms with Crippen molar-refractivity contribution in [3.05, 3.63) is 64.7 Å². The maximum absolute atomic E-state index is 13.5. The molecule has 2 N–H and O–H groups in total. The van der Waals surface area contributed by atoms with Crippen LogP contribution in [0, 0.1) is 11.3 Å². The van der Waals surface area contributed by atoms with Crippen LogP contribution in [0.3, 0.4) is 0 Å². The van der Waals surface area contributed by atoms with Gasteiger partial charge in [0, 0.05) is 25.9 Å². The van der Waals surface area contributed by atoms with E-state index in [-0.39, 0.29) is 41.8 Å². The van der Waals surface area contributed by atoms with Crippen molar-refractivity contribution in [3.63, 3.8) is 0 Å². The second-order valence-corrected chi connectivity index (χ2v) is 14.6. The third kappa shape index (κ3) is 6.06. The standard InChI is InChI=1S/C26H27ClF3N5O6S2/c1-25(2)23(36)35(19-7-6-17(16-31)20(14-19)26(28,29)30)24(37)33(25)11-5-4-10-32-12-13-34(43(32,40)41)18-8-9-22(21(27)15-18)42(3,38)39/h4-9,14-15,40-41H,10-13H2,1-3H3. The van der Waals surface area contributed by atoms with Crippen molar-refractivity contribution in [3.8, 4) is 6.07 Å². The number of amides is 3. The van der Waals surface area contributed by atoms with E-state index in [1.54, 1.807) is 6.08 Å². The molecule has 0 aromatic heterocycles. The number of anilines is 2. The number of urea groups is 1. The molecule has 0 spiro atoms. The van der Waals surface area contributed by atoms with Crippen molar-refractivity contribution >= 4 is 55.7 Å². The fourth-order valence-electron chi connectivity index (χ4n) is 4.74. The average Bonchev–Trinajstić information content (AvgIpc) is 3.28. The quantitative estimate of drug-likeness (QED) is 0.304. The van der Waals surface area contributed by atoms with Crippen molar-refractivity contribution < 1.29 is 40.3 Å². The number of hydrogen-bond donors (Lipinski definition) is 2. The van der Waals surface area contributed by atoms with Crippen molar-refractivity contribution in [1.29, 1.82) is 5.26 Å². The molecule has 4 rings (SSSR count). The van der Waals surface area contributed by atoms with Crippen LogP contribution < -0.4 is 9.21 Å². The zero-order valence-electron chi connectivity index (χ0n) is 23.0. The first-order valence-corrected chi connectivity index (χ1v) is 16.3. The summed E-state index contributed by atoms with van der Waals surface area (Å²) in [6.07, 6.45) is -0.797. The summed E-state index contributed by atoms with van der Waals surface area (Å²) >= 11 is 6.12. The molecule has 0 atom stereocenters. The topological polar surface area (TPSA) is 145 Å². The van der Waals surface area contributed by atoms with E-state index in [1.807, 2.05) is 0 Å². The van der Waals surface area contributed by atoms with E-state index in [0.717, 1.165) is 23.3 Å². The van der Waals surface area contributed by atoms with Crippen LogP contribution in [-0.4, -0.2) is 76.6 Å². The Balaban J connectivity index is 1.47. The molecule has 17 heteroatoms. The molecule has 2 fully saturated rings. The predicted molar refractivity (Wildman–Crippen MR) is 155 cm³/mol. The lowest BCUT2D eigenvalue weighted by Gasteiger charge is -2.42. The second-order valence-electron chi connectivity index (χ2n) is 10.3. The molecule has 0 aliphatic carbocycles. The van der Waals surface area contributed by atoms with Gasteiger partial charge in [-0.25, -0.2) is 18.1 Å². The van der Waals surface area contributed by atoms with Gasteiger partial charge < -0.3 is 4.90 Å². The van der Waals surface area contributed by atoms with E-state index < -0.39 is 55.6 Å². The number of imide groups is 1. The van der Waals surface area contributed by atoms with Gasteiger partial charge in [-0.1, -0.05) is 34.7 Å². The minimum absolute atomic E-state index is 0.0265. The highest BCUT2D eigenvalue weighted by Gasteiger charge is 2.52. The van der Waals surface area contributed by atoms with Gasteiger partial charge in [0.2, 0.25) is 0 Å². The Morgan fingerprint density at radius 3 is 2.28 bits per heavy atom. The van der Waals surface area contributed by atoms with Gasteiger partial charge in [-0.05, 0) is 50.2 Å². The molecule has 2 aromatic rings. The summed E-state index contributed by atoms with van der Waals surface area (Å²) < 4.78 is 88.6. The van der Waals surface area contributed by atoms with Gasteiger partial charge in [0.05, 0.1) is 45.0 Å². The van der Waals surface area contributed by atoms with Crippen LogP contribution in [-0.2, 0) is 20.8 Å². The highest BCUT2D eigenvalue weighted by Crippen LogP contribution is 2.53. The van der Waals surface area contributed by atoms with Crippen LogP contribution in [0.25, 0.3) is 0 Å². The number of nitrogens with zero attached hydrogens (tertiary/aromatic N) is 5. The molecule has 3 amide bonds. The van der Waals surface area contributed by atoms with Crippen molar-refractivity contribution in [2.75, 3.05) is 41.6 Å². The fraction of sp³-hybridized carbons (Fsp3) is 0.346. The normalized spacial score (nSPS) is 19.9. The average molecular weight is 662 g/mol. The highest BCUT2D eigenvalue weighted by atomic mass is 35.5. The number of carbonyl (C=O) groups is 2. The van der Waals surface area contributed by atoms with Crippen LogP contribution >= 0.6 is 22.6 Å². The van der Waals surface area contributed by atoms with Crippen LogP contribution in [0.15, 0.2) is 53.4 Å². The lowest BCUT2D eigenvalue weighted by molar-refractivity contribution is -0.137. The molecule has 43 heavy (non-hydrogen) atoms. The Morgan fingerprint density at radius 1 is 1.07 bits per heavy atom. The number of benzene rings is 2. The molecule has 2 aliphatic heterocycles. The highest BCUT2D eigenvalue weighted by molar-refractivity contribution is 8.23. The molecular weight excluding hydrogens is 635 g/mol. The number of rotatable bonds is 7. The predicted octanol–water partition coefficient (Wildman–Crippen LogP) is 5.14. The summed E-state index contributed by atoms with van der Waals surface area (Å²) in [5, 5.41) is 8.98.